The molecule has 0 saturated carbocycles. The Hall–Kier alpha value is -2.01. The molecule has 0 aliphatic carbocycles. The summed E-state index contributed by atoms with van der Waals surface area (Å²) in [4.78, 5) is 17.4. The van der Waals surface area contributed by atoms with Crippen LogP contribution in [0.25, 0.3) is 10.9 Å². The van der Waals surface area contributed by atoms with Crippen molar-refractivity contribution in [3.63, 3.8) is 0 Å². The Morgan fingerprint density at radius 1 is 1.35 bits per heavy atom. The topological polar surface area (TPSA) is 54.6 Å². The van der Waals surface area contributed by atoms with Crippen LogP contribution in [0.3, 0.4) is 0 Å². The Bertz CT molecular complexity index is 615. The molecule has 1 aromatic heterocycles. The molecule has 5 heteroatoms. The molecule has 20 heavy (non-hydrogen) atoms. The summed E-state index contributed by atoms with van der Waals surface area (Å²) >= 11 is 0. The van der Waals surface area contributed by atoms with Crippen molar-refractivity contribution < 1.29 is 14.3 Å². The van der Waals surface area contributed by atoms with Crippen molar-refractivity contribution in [2.45, 2.75) is 6.92 Å². The van der Waals surface area contributed by atoms with E-state index in [1.807, 2.05) is 36.1 Å². The molecule has 1 aromatic carbocycles. The second-order valence-corrected chi connectivity index (χ2v) is 4.77. The number of nitrogens with zero attached hydrogens (tertiary/aromatic N) is 1. The molecule has 1 N–H and O–H groups in total. The zero-order valence-corrected chi connectivity index (χ0v) is 11.5. The lowest BCUT2D eigenvalue weighted by molar-refractivity contribution is 0.0299. The number of benzene rings is 1. The molecule has 1 amide bonds. The van der Waals surface area contributed by atoms with Crippen LogP contribution in [-0.4, -0.2) is 48.7 Å². The Balaban J connectivity index is 1.86. The van der Waals surface area contributed by atoms with Crippen LogP contribution >= 0.6 is 0 Å². The van der Waals surface area contributed by atoms with Crippen molar-refractivity contribution >= 4 is 16.8 Å². The molecule has 0 radical (unpaired) electrons. The van der Waals surface area contributed by atoms with Gasteiger partial charge in [0.05, 0.1) is 19.8 Å². The van der Waals surface area contributed by atoms with Gasteiger partial charge in [0.1, 0.15) is 11.4 Å². The van der Waals surface area contributed by atoms with Crippen molar-refractivity contribution in [1.82, 2.24) is 9.88 Å². The van der Waals surface area contributed by atoms with Crippen molar-refractivity contribution in [2.75, 3.05) is 32.9 Å². The monoisotopic (exact) mass is 274 g/mol. The van der Waals surface area contributed by atoms with E-state index in [1.54, 1.807) is 0 Å². The first kappa shape index (κ1) is 13.0. The van der Waals surface area contributed by atoms with E-state index in [2.05, 4.69) is 4.98 Å². The highest BCUT2D eigenvalue weighted by Crippen LogP contribution is 2.22. The average molecular weight is 274 g/mol. The molecule has 0 atom stereocenters. The van der Waals surface area contributed by atoms with Gasteiger partial charge >= 0.3 is 0 Å². The minimum Gasteiger partial charge on any atom is -0.494 e. The number of hydrogen-bond donors (Lipinski definition) is 1. The van der Waals surface area contributed by atoms with E-state index in [1.165, 1.54) is 0 Å². The van der Waals surface area contributed by atoms with Gasteiger partial charge < -0.3 is 19.4 Å². The van der Waals surface area contributed by atoms with Gasteiger partial charge in [-0.2, -0.15) is 0 Å². The summed E-state index contributed by atoms with van der Waals surface area (Å²) in [6, 6.07) is 7.70. The first-order valence-corrected chi connectivity index (χ1v) is 6.90. The lowest BCUT2D eigenvalue weighted by Gasteiger charge is -2.26. The van der Waals surface area contributed by atoms with Crippen LogP contribution in [0.5, 0.6) is 5.75 Å². The number of H-pyrrole nitrogens is 1. The third-order valence-corrected chi connectivity index (χ3v) is 3.43. The van der Waals surface area contributed by atoms with E-state index in [-0.39, 0.29) is 5.91 Å². The van der Waals surface area contributed by atoms with Crippen LogP contribution in [-0.2, 0) is 4.74 Å². The van der Waals surface area contributed by atoms with Crippen LogP contribution in [0.4, 0.5) is 0 Å². The fraction of sp³-hybridized carbons (Fsp3) is 0.400. The van der Waals surface area contributed by atoms with Gasteiger partial charge in [0, 0.05) is 30.1 Å². The molecule has 2 aromatic rings. The smallest absolute Gasteiger partial charge is 0.270 e. The first-order valence-electron chi connectivity index (χ1n) is 6.90. The molecule has 2 heterocycles. The average Bonchev–Trinajstić information content (AvgIpc) is 2.91. The molecule has 0 bridgehead atoms. The van der Waals surface area contributed by atoms with Crippen LogP contribution in [0, 0.1) is 0 Å². The summed E-state index contributed by atoms with van der Waals surface area (Å²) < 4.78 is 10.7. The number of carbonyl (C=O) groups is 1. The number of nitrogens with one attached hydrogen (secondary N) is 1. The molecule has 0 unspecified atom stereocenters. The highest BCUT2D eigenvalue weighted by atomic mass is 16.5. The largest absolute Gasteiger partial charge is 0.494 e. The Kier molecular flexibility index (Phi) is 3.60. The highest BCUT2D eigenvalue weighted by molar-refractivity contribution is 5.98. The maximum absolute atomic E-state index is 12.4. The Morgan fingerprint density at radius 3 is 2.90 bits per heavy atom. The summed E-state index contributed by atoms with van der Waals surface area (Å²) in [5, 5.41) is 1.02. The molecule has 1 aliphatic heterocycles. The lowest BCUT2D eigenvalue weighted by Crippen LogP contribution is -2.40. The maximum Gasteiger partial charge on any atom is 0.270 e. The molecule has 1 aliphatic rings. The number of morpholine rings is 1. The van der Waals surface area contributed by atoms with Crippen LogP contribution in [0.1, 0.15) is 17.4 Å². The van der Waals surface area contributed by atoms with E-state index < -0.39 is 0 Å². The number of amides is 1. The predicted molar refractivity (Wildman–Crippen MR) is 76.2 cm³/mol. The van der Waals surface area contributed by atoms with Crippen molar-refractivity contribution in [3.8, 4) is 5.75 Å². The second-order valence-electron chi connectivity index (χ2n) is 4.77. The standard InChI is InChI=1S/C15H18N2O3/c1-2-20-12-4-3-11-9-14(16-13(11)10-12)15(18)17-5-7-19-8-6-17/h3-4,9-10,16H,2,5-8H2,1H3. The van der Waals surface area contributed by atoms with Gasteiger partial charge in [-0.3, -0.25) is 4.79 Å². The molecular formula is C15H18N2O3. The van der Waals surface area contributed by atoms with Gasteiger partial charge in [-0.05, 0) is 25.1 Å². The second kappa shape index (κ2) is 5.54. The lowest BCUT2D eigenvalue weighted by atomic mass is 10.2. The highest BCUT2D eigenvalue weighted by Gasteiger charge is 2.20. The Labute approximate surface area is 117 Å². The normalized spacial score (nSPS) is 15.6. The number of aromatic amines is 1. The molecule has 5 nitrogen and oxygen atoms in total. The summed E-state index contributed by atoms with van der Waals surface area (Å²) in [6.07, 6.45) is 0. The van der Waals surface area contributed by atoms with Gasteiger partial charge in [0.25, 0.3) is 5.91 Å². The number of ether oxygens (including phenoxy) is 2. The van der Waals surface area contributed by atoms with Crippen molar-refractivity contribution in [2.24, 2.45) is 0 Å². The van der Waals surface area contributed by atoms with E-state index >= 15 is 0 Å². The van der Waals surface area contributed by atoms with Crippen LogP contribution in [0.15, 0.2) is 24.3 Å². The summed E-state index contributed by atoms with van der Waals surface area (Å²) in [5.74, 6) is 0.842. The number of rotatable bonds is 3. The fourth-order valence-electron chi connectivity index (χ4n) is 2.41. The SMILES string of the molecule is CCOc1ccc2cc(C(=O)N3CCOCC3)[nH]c2c1. The van der Waals surface area contributed by atoms with Gasteiger partial charge in [-0.15, -0.1) is 0 Å². The van der Waals surface area contributed by atoms with Crippen molar-refractivity contribution in [3.05, 3.63) is 30.0 Å². The summed E-state index contributed by atoms with van der Waals surface area (Å²) in [6.45, 7) is 5.11. The number of fused-ring (bicyclic) bond motifs is 1. The van der Waals surface area contributed by atoms with E-state index in [4.69, 9.17) is 9.47 Å². The minimum absolute atomic E-state index is 0.0301. The number of aromatic nitrogens is 1. The zero-order chi connectivity index (χ0) is 13.9. The Morgan fingerprint density at radius 2 is 2.15 bits per heavy atom. The summed E-state index contributed by atoms with van der Waals surface area (Å²) in [7, 11) is 0. The van der Waals surface area contributed by atoms with E-state index in [0.29, 0.717) is 38.6 Å². The number of hydrogen-bond acceptors (Lipinski definition) is 3. The first-order chi connectivity index (χ1) is 9.78. The zero-order valence-electron chi connectivity index (χ0n) is 11.5. The van der Waals surface area contributed by atoms with Crippen LogP contribution in [0.2, 0.25) is 0 Å². The van der Waals surface area contributed by atoms with E-state index in [0.717, 1.165) is 16.7 Å². The molecular weight excluding hydrogens is 256 g/mol. The van der Waals surface area contributed by atoms with Gasteiger partial charge in [0.2, 0.25) is 0 Å². The predicted octanol–water partition coefficient (Wildman–Crippen LogP) is 2.04. The van der Waals surface area contributed by atoms with Gasteiger partial charge in [-0.1, -0.05) is 0 Å². The van der Waals surface area contributed by atoms with Crippen molar-refractivity contribution in [1.29, 1.82) is 0 Å². The molecule has 1 saturated heterocycles. The molecule has 3 rings (SSSR count). The fourth-order valence-corrected chi connectivity index (χ4v) is 2.41. The number of carbonyl (C=O) groups excluding carboxylic acids is 1. The molecule has 0 spiro atoms. The molecule has 106 valence electrons. The summed E-state index contributed by atoms with van der Waals surface area (Å²) in [5.41, 5.74) is 1.54. The maximum atomic E-state index is 12.4. The van der Waals surface area contributed by atoms with Gasteiger partial charge in [0.15, 0.2) is 0 Å². The quantitative estimate of drug-likeness (QED) is 0.932. The molecule has 1 fully saturated rings. The third kappa shape index (κ3) is 2.49. The van der Waals surface area contributed by atoms with Crippen LogP contribution < -0.4 is 4.74 Å². The minimum atomic E-state index is 0.0301. The van der Waals surface area contributed by atoms with Gasteiger partial charge in [-0.25, -0.2) is 0 Å². The third-order valence-electron chi connectivity index (χ3n) is 3.43. The van der Waals surface area contributed by atoms with E-state index in [9.17, 15) is 4.79 Å².